The van der Waals surface area contributed by atoms with E-state index < -0.39 is 10.0 Å². The van der Waals surface area contributed by atoms with Crippen molar-refractivity contribution in [2.75, 3.05) is 18.1 Å². The van der Waals surface area contributed by atoms with Crippen molar-refractivity contribution in [3.05, 3.63) is 66.6 Å². The van der Waals surface area contributed by atoms with Crippen molar-refractivity contribution in [1.29, 1.82) is 0 Å². The van der Waals surface area contributed by atoms with Crippen LogP contribution >= 0.6 is 0 Å². The van der Waals surface area contributed by atoms with Crippen LogP contribution in [0.15, 0.2) is 60.9 Å². The number of carbonyl (C=O) groups is 1. The van der Waals surface area contributed by atoms with E-state index in [9.17, 15) is 13.2 Å². The Labute approximate surface area is 158 Å². The molecule has 0 atom stereocenters. The van der Waals surface area contributed by atoms with Gasteiger partial charge in [0.15, 0.2) is 0 Å². The lowest BCUT2D eigenvalue weighted by Gasteiger charge is -2.19. The zero-order valence-corrected chi connectivity index (χ0v) is 15.7. The van der Waals surface area contributed by atoms with E-state index in [0.717, 1.165) is 11.6 Å². The predicted molar refractivity (Wildman–Crippen MR) is 104 cm³/mol. The molecule has 27 heavy (non-hydrogen) atoms. The predicted octanol–water partition coefficient (Wildman–Crippen LogP) is 2.42. The van der Waals surface area contributed by atoms with Crippen LogP contribution in [0.2, 0.25) is 0 Å². The van der Waals surface area contributed by atoms with Crippen LogP contribution in [0.25, 0.3) is 10.9 Å². The van der Waals surface area contributed by atoms with E-state index in [0.29, 0.717) is 16.9 Å². The summed E-state index contributed by atoms with van der Waals surface area (Å²) in [5.74, 6) is -0.275. The summed E-state index contributed by atoms with van der Waals surface area (Å²) in [5.41, 5.74) is 1.93. The number of hydrogen-bond donors (Lipinski definition) is 1. The van der Waals surface area contributed by atoms with Crippen LogP contribution in [0, 0.1) is 0 Å². The van der Waals surface area contributed by atoms with Crippen LogP contribution < -0.4 is 5.32 Å². The molecule has 0 radical (unpaired) electrons. The van der Waals surface area contributed by atoms with Crippen molar-refractivity contribution in [2.24, 2.45) is 0 Å². The standard InChI is InChI=1S/C19H20N4O3S/c1-27(25,26)23(14-16-8-2-3-11-20-16)13-10-18(24)22-17-9-4-6-15-7-5-12-21-19(15)17/h2-9,11-12H,10,13-14H2,1H3,(H,22,24). The molecule has 1 N–H and O–H groups in total. The number of carbonyl (C=O) groups excluding carboxylic acids is 1. The van der Waals surface area contributed by atoms with Gasteiger partial charge in [-0.1, -0.05) is 24.3 Å². The SMILES string of the molecule is CS(=O)(=O)N(CCC(=O)Nc1cccc2cccnc12)Cc1ccccn1. The molecule has 140 valence electrons. The summed E-state index contributed by atoms with van der Waals surface area (Å²) in [6.07, 6.45) is 4.43. The van der Waals surface area contributed by atoms with Crippen molar-refractivity contribution in [1.82, 2.24) is 14.3 Å². The lowest BCUT2D eigenvalue weighted by atomic mass is 10.2. The van der Waals surface area contributed by atoms with Gasteiger partial charge in [0.1, 0.15) is 0 Å². The summed E-state index contributed by atoms with van der Waals surface area (Å²) in [6.45, 7) is 0.197. The molecule has 2 aromatic heterocycles. The molecule has 2 heterocycles. The van der Waals surface area contributed by atoms with Gasteiger partial charge in [0, 0.05) is 30.7 Å². The zero-order valence-electron chi connectivity index (χ0n) is 14.9. The highest BCUT2D eigenvalue weighted by atomic mass is 32.2. The zero-order chi connectivity index (χ0) is 19.3. The Bertz CT molecular complexity index is 1030. The van der Waals surface area contributed by atoms with Crippen LogP contribution in [0.5, 0.6) is 0 Å². The Kier molecular flexibility index (Phi) is 5.78. The van der Waals surface area contributed by atoms with Crippen molar-refractivity contribution < 1.29 is 13.2 Å². The minimum atomic E-state index is -3.47. The normalized spacial score (nSPS) is 11.6. The van der Waals surface area contributed by atoms with Crippen molar-refractivity contribution >= 4 is 32.5 Å². The quantitative estimate of drug-likeness (QED) is 0.675. The number of anilines is 1. The Hall–Kier alpha value is -2.84. The number of nitrogens with one attached hydrogen (secondary N) is 1. The van der Waals surface area contributed by atoms with Crippen LogP contribution in [0.4, 0.5) is 5.69 Å². The second kappa shape index (κ2) is 8.24. The average molecular weight is 384 g/mol. The van der Waals surface area contributed by atoms with Gasteiger partial charge in [-0.2, -0.15) is 4.31 Å². The third-order valence-corrected chi connectivity index (χ3v) is 5.28. The second-order valence-electron chi connectivity index (χ2n) is 6.10. The number of sulfonamides is 1. The van der Waals surface area contributed by atoms with E-state index in [2.05, 4.69) is 15.3 Å². The maximum atomic E-state index is 12.4. The lowest BCUT2D eigenvalue weighted by molar-refractivity contribution is -0.116. The molecule has 3 rings (SSSR count). The molecular formula is C19H20N4O3S. The number of hydrogen-bond acceptors (Lipinski definition) is 5. The van der Waals surface area contributed by atoms with E-state index in [4.69, 9.17) is 0 Å². The second-order valence-corrected chi connectivity index (χ2v) is 8.08. The third kappa shape index (κ3) is 5.08. The summed E-state index contributed by atoms with van der Waals surface area (Å²) < 4.78 is 25.3. The average Bonchev–Trinajstić information content (AvgIpc) is 2.65. The van der Waals surface area contributed by atoms with E-state index in [1.165, 1.54) is 4.31 Å². The third-order valence-electron chi connectivity index (χ3n) is 4.03. The minimum absolute atomic E-state index is 0.0309. The molecule has 0 saturated carbocycles. The maximum absolute atomic E-state index is 12.4. The molecule has 0 bridgehead atoms. The molecule has 0 aliphatic heterocycles. The molecule has 7 nitrogen and oxygen atoms in total. The van der Waals surface area contributed by atoms with Crippen molar-refractivity contribution in [3.63, 3.8) is 0 Å². The topological polar surface area (TPSA) is 92.3 Å². The molecule has 0 aliphatic rings. The fourth-order valence-corrected chi connectivity index (χ4v) is 3.47. The van der Waals surface area contributed by atoms with Gasteiger partial charge in [0.05, 0.1) is 29.7 Å². The Morgan fingerprint density at radius 3 is 2.56 bits per heavy atom. The van der Waals surface area contributed by atoms with Gasteiger partial charge in [-0.3, -0.25) is 14.8 Å². The largest absolute Gasteiger partial charge is 0.324 e. The van der Waals surface area contributed by atoms with Crippen molar-refractivity contribution in [3.8, 4) is 0 Å². The lowest BCUT2D eigenvalue weighted by Crippen LogP contribution is -2.32. The Morgan fingerprint density at radius 1 is 1.04 bits per heavy atom. The number of rotatable bonds is 7. The maximum Gasteiger partial charge on any atom is 0.225 e. The first kappa shape index (κ1) is 18.9. The number of para-hydroxylation sites is 1. The number of aromatic nitrogens is 2. The van der Waals surface area contributed by atoms with Crippen molar-refractivity contribution in [2.45, 2.75) is 13.0 Å². The van der Waals surface area contributed by atoms with Gasteiger partial charge >= 0.3 is 0 Å². The molecule has 0 saturated heterocycles. The van der Waals surface area contributed by atoms with E-state index in [1.54, 1.807) is 36.7 Å². The molecule has 0 aliphatic carbocycles. The molecule has 8 heteroatoms. The first-order valence-electron chi connectivity index (χ1n) is 8.42. The van der Waals surface area contributed by atoms with Gasteiger partial charge in [-0.05, 0) is 24.3 Å². The van der Waals surface area contributed by atoms with E-state index in [1.807, 2.05) is 24.3 Å². The highest BCUT2D eigenvalue weighted by molar-refractivity contribution is 7.88. The summed E-state index contributed by atoms with van der Waals surface area (Å²) in [6, 6.07) is 14.6. The first-order chi connectivity index (χ1) is 12.9. The summed E-state index contributed by atoms with van der Waals surface area (Å²) >= 11 is 0. The van der Waals surface area contributed by atoms with Crippen LogP contribution in [-0.4, -0.2) is 41.4 Å². The first-order valence-corrected chi connectivity index (χ1v) is 10.3. The summed E-state index contributed by atoms with van der Waals surface area (Å²) in [7, 11) is -3.47. The molecule has 0 unspecified atom stereocenters. The smallest absolute Gasteiger partial charge is 0.225 e. The summed E-state index contributed by atoms with van der Waals surface area (Å²) in [4.78, 5) is 20.8. The monoisotopic (exact) mass is 384 g/mol. The fraction of sp³-hybridized carbons (Fsp3) is 0.211. The molecule has 0 fully saturated rings. The summed E-state index contributed by atoms with van der Waals surface area (Å²) in [5, 5.41) is 3.74. The van der Waals surface area contributed by atoms with E-state index >= 15 is 0 Å². The molecule has 1 amide bonds. The van der Waals surface area contributed by atoms with Crippen LogP contribution in [0.3, 0.4) is 0 Å². The van der Waals surface area contributed by atoms with Gasteiger partial charge in [-0.15, -0.1) is 0 Å². The molecule has 0 spiro atoms. The van der Waals surface area contributed by atoms with Crippen LogP contribution in [0.1, 0.15) is 12.1 Å². The number of nitrogens with zero attached hydrogens (tertiary/aromatic N) is 3. The van der Waals surface area contributed by atoms with Gasteiger partial charge in [-0.25, -0.2) is 8.42 Å². The fourth-order valence-electron chi connectivity index (χ4n) is 2.68. The number of benzene rings is 1. The van der Waals surface area contributed by atoms with Crippen LogP contribution in [-0.2, 0) is 21.4 Å². The number of amides is 1. The number of pyridine rings is 2. The highest BCUT2D eigenvalue weighted by Gasteiger charge is 2.19. The minimum Gasteiger partial charge on any atom is -0.324 e. The molecule has 1 aromatic carbocycles. The van der Waals surface area contributed by atoms with Gasteiger partial charge in [0.2, 0.25) is 15.9 Å². The van der Waals surface area contributed by atoms with E-state index in [-0.39, 0.29) is 25.4 Å². The molecular weight excluding hydrogens is 364 g/mol. The highest BCUT2D eigenvalue weighted by Crippen LogP contribution is 2.20. The molecule has 3 aromatic rings. The Balaban J connectivity index is 1.67. The Morgan fingerprint density at radius 2 is 1.81 bits per heavy atom. The van der Waals surface area contributed by atoms with Gasteiger partial charge in [0.25, 0.3) is 0 Å². The number of fused-ring (bicyclic) bond motifs is 1. The van der Waals surface area contributed by atoms with Gasteiger partial charge < -0.3 is 5.32 Å².